The molecule has 14 aliphatic rings. The second kappa shape index (κ2) is 26.1. The summed E-state index contributed by atoms with van der Waals surface area (Å²) in [5.41, 5.74) is 30.3. The van der Waals surface area contributed by atoms with Crippen LogP contribution in [0.5, 0.6) is 0 Å². The Bertz CT molecular complexity index is 4850. The number of hydrogen-bond acceptors (Lipinski definition) is 0. The third-order valence-corrected chi connectivity index (χ3v) is 27.5. The number of halogens is 2. The van der Waals surface area contributed by atoms with Gasteiger partial charge in [0.1, 0.15) is 0 Å². The van der Waals surface area contributed by atoms with Crippen molar-refractivity contribution in [3.8, 4) is 22.3 Å². The van der Waals surface area contributed by atoms with E-state index in [9.17, 15) is 0 Å². The molecule has 98 heavy (non-hydrogen) atoms. The maximum atomic E-state index is 4.93. The average molecular weight is 1400 g/mol. The molecule has 0 amide bonds. The first kappa shape index (κ1) is 64.1. The number of rotatable bonds is 1. The number of benzene rings is 9. The van der Waals surface area contributed by atoms with Crippen molar-refractivity contribution in [2.45, 2.75) is 172 Å². The molecule has 0 aromatic heterocycles. The summed E-state index contributed by atoms with van der Waals surface area (Å²) in [4.78, 5) is 0. The summed E-state index contributed by atoms with van der Waals surface area (Å²) in [6.45, 7) is 0. The number of fused-ring (bicyclic) bond motifs is 2. The van der Waals surface area contributed by atoms with E-state index in [1.54, 1.807) is 100 Å². The predicted molar refractivity (Wildman–Crippen MR) is 417 cm³/mol. The van der Waals surface area contributed by atoms with Crippen LogP contribution in [0.25, 0.3) is 86.9 Å². The van der Waals surface area contributed by atoms with Gasteiger partial charge in [-0.15, -0.1) is 0 Å². The average Bonchev–Trinajstić information content (AvgIpc) is 1.54. The molecule has 3 heteroatoms. The largest absolute Gasteiger partial charge is 0.0584 e. The Kier molecular flexibility index (Phi) is 17.0. The van der Waals surface area contributed by atoms with Crippen molar-refractivity contribution in [3.63, 3.8) is 0 Å². The van der Waals surface area contributed by atoms with Crippen LogP contribution in [-0.2, 0) is 72.2 Å². The summed E-state index contributed by atoms with van der Waals surface area (Å²) in [5.74, 6) is 8.92. The van der Waals surface area contributed by atoms with Crippen LogP contribution in [0.4, 0.5) is 0 Å². The van der Waals surface area contributed by atoms with Gasteiger partial charge < -0.3 is 14.9 Å². The SMILES string of the molecule is C1=CC2Cc3ccc4c5c3[C@@H]3C2=C1Cc1ccc(c-5c13)CC4.C1=CCCC=CC=CCC2CCC(CC=C1)C2C1CCCC1.C1CCCC1.[CH3-].[CH3-].[Cl][Zr+2][Cl].c1cc2c3c4c1CCc1ccc5c(c1-4)C3C1C(CCC1C5)C2.c1cc2cc3ccc4ccc5ccc6cc1c2c1c6c5c4c31. The Morgan fingerprint density at radius 2 is 0.745 bits per heavy atom. The Morgan fingerprint density at radius 1 is 0.347 bits per heavy atom. The molecule has 14 aliphatic carbocycles. The quantitative estimate of drug-likeness (QED) is 0.114. The molecule has 5 unspecified atom stereocenters. The van der Waals surface area contributed by atoms with Gasteiger partial charge in [0.2, 0.25) is 0 Å². The fourth-order valence-corrected chi connectivity index (χ4v) is 23.8. The molecule has 2 bridgehead atoms. The van der Waals surface area contributed by atoms with Crippen molar-refractivity contribution in [1.82, 2.24) is 0 Å². The van der Waals surface area contributed by atoms with E-state index in [4.69, 9.17) is 17.0 Å². The molecule has 11 aromatic carbocycles. The van der Waals surface area contributed by atoms with Crippen molar-refractivity contribution in [2.75, 3.05) is 0 Å². The van der Waals surface area contributed by atoms with Gasteiger partial charge in [0, 0.05) is 17.8 Å². The van der Waals surface area contributed by atoms with Gasteiger partial charge in [-0.3, -0.25) is 0 Å². The molecule has 11 aromatic rings. The fourth-order valence-electron chi connectivity index (χ4n) is 23.8. The van der Waals surface area contributed by atoms with Gasteiger partial charge in [-0.05, 0) is 321 Å². The van der Waals surface area contributed by atoms with Gasteiger partial charge in [-0.1, -0.05) is 216 Å². The van der Waals surface area contributed by atoms with Gasteiger partial charge in [-0.25, -0.2) is 0 Å². The summed E-state index contributed by atoms with van der Waals surface area (Å²) >= 11 is -0.826. The molecule has 0 spiro atoms. The normalized spacial score (nSPS) is 25.7. The Morgan fingerprint density at radius 3 is 1.24 bits per heavy atom. The fraction of sp³-hybridized carbons (Fsp3) is 0.368. The number of allylic oxidation sites excluding steroid dienone is 12. The first-order valence-corrected chi connectivity index (χ1v) is 44.4. The van der Waals surface area contributed by atoms with Crippen LogP contribution < -0.4 is 0 Å². The van der Waals surface area contributed by atoms with Crippen molar-refractivity contribution in [2.24, 2.45) is 47.3 Å². The maximum absolute atomic E-state index is 4.93. The molecule has 0 saturated heterocycles. The zero-order chi connectivity index (χ0) is 63.3. The second-order valence-corrected chi connectivity index (χ2v) is 35.7. The molecule has 0 aliphatic heterocycles. The van der Waals surface area contributed by atoms with Crippen LogP contribution in [0.2, 0.25) is 0 Å². The van der Waals surface area contributed by atoms with E-state index in [1.807, 2.05) is 0 Å². The minimum absolute atomic E-state index is 0. The standard InChI is InChI=1S/C22H20.C22H16.C22H10.C22H32.C5H10.2CH3.2ClH.Zr/c3*1-2-12-4-6-16-10-14-8-7-13-9-15-5-3-11(1)18-19(12)21(16)22(17(13)14)20(15)18;1-2-4-6-8-10-14-21-18-17-20(13-9-7-5-3-1)22(21)19-15-11-12-16-19;1-2-4-5-3-1;;;;;/h3-6,13-14,17,22H,1-2,7-10H2;3-8,13,22H,1-2,9-10H2;1-10H;3-10,19-22H,1-2,11-18H2;1-5H2;2*1H3;2*1H;/q;;;;;2*-1;;;+4/p-2/t;13?,22-;;;;;;;;/m.0......../s1. The van der Waals surface area contributed by atoms with Crippen molar-refractivity contribution >= 4 is 81.7 Å². The van der Waals surface area contributed by atoms with Crippen molar-refractivity contribution in [3.05, 3.63) is 263 Å². The zero-order valence-corrected chi connectivity index (χ0v) is 61.8. The molecule has 0 nitrogen and oxygen atoms in total. The Labute approximate surface area is 602 Å². The monoisotopic (exact) mass is 1390 g/mol. The van der Waals surface area contributed by atoms with E-state index >= 15 is 0 Å². The predicted octanol–water partition coefficient (Wildman–Crippen LogP) is 26.3. The van der Waals surface area contributed by atoms with Gasteiger partial charge >= 0.3 is 37.9 Å². The van der Waals surface area contributed by atoms with E-state index in [0.29, 0.717) is 11.8 Å². The van der Waals surface area contributed by atoms with Crippen LogP contribution in [0.3, 0.4) is 0 Å². The minimum atomic E-state index is -0.826. The maximum Gasteiger partial charge on any atom is 0.0141 e. The van der Waals surface area contributed by atoms with E-state index < -0.39 is 20.8 Å². The van der Waals surface area contributed by atoms with Crippen LogP contribution in [-0.4, -0.2) is 0 Å². The molecule has 25 rings (SSSR count). The molecule has 4 saturated carbocycles. The van der Waals surface area contributed by atoms with Gasteiger partial charge in [0.05, 0.1) is 0 Å². The summed E-state index contributed by atoms with van der Waals surface area (Å²) in [6.07, 6.45) is 57.9. The summed E-state index contributed by atoms with van der Waals surface area (Å²) in [7, 11) is 9.87. The number of hydrogen-bond donors (Lipinski definition) is 0. The van der Waals surface area contributed by atoms with Crippen LogP contribution in [0.15, 0.2) is 181 Å². The van der Waals surface area contributed by atoms with Gasteiger partial charge in [0.15, 0.2) is 0 Å². The topological polar surface area (TPSA) is 0 Å². The third-order valence-electron chi connectivity index (χ3n) is 27.5. The third kappa shape index (κ3) is 10.1. The van der Waals surface area contributed by atoms with E-state index in [2.05, 4.69) is 170 Å². The molecule has 0 N–H and O–H groups in total. The van der Waals surface area contributed by atoms with Crippen molar-refractivity contribution < 1.29 is 20.8 Å². The molecular formula is C95H94Cl2Zr. The minimum Gasteiger partial charge on any atom is -0.0584 e. The molecule has 6 atom stereocenters. The zero-order valence-electron chi connectivity index (χ0n) is 57.9. The molecular weight excluding hydrogens is 1300 g/mol. The summed E-state index contributed by atoms with van der Waals surface area (Å²) in [6, 6.07) is 42.6. The molecule has 0 radical (unpaired) electrons. The van der Waals surface area contributed by atoms with Crippen LogP contribution in [0, 0.1) is 62.2 Å². The van der Waals surface area contributed by atoms with E-state index in [1.165, 1.54) is 212 Å². The molecule has 4 fully saturated rings. The Hall–Kier alpha value is -6.08. The van der Waals surface area contributed by atoms with Gasteiger partial charge in [0.25, 0.3) is 0 Å². The second-order valence-electron chi connectivity index (χ2n) is 31.9. The molecule has 0 heterocycles. The molecule has 492 valence electrons. The smallest absolute Gasteiger partial charge is 0.0141 e. The van der Waals surface area contributed by atoms with E-state index in [0.717, 1.165) is 60.2 Å². The summed E-state index contributed by atoms with van der Waals surface area (Å²) in [5, 5.41) is 17.1. The van der Waals surface area contributed by atoms with E-state index in [-0.39, 0.29) is 14.9 Å². The van der Waals surface area contributed by atoms with Crippen molar-refractivity contribution in [1.29, 1.82) is 0 Å². The Balaban J connectivity index is 0.0000000905. The van der Waals surface area contributed by atoms with Crippen LogP contribution in [0.1, 0.15) is 188 Å². The van der Waals surface area contributed by atoms with Crippen LogP contribution >= 0.6 is 17.0 Å². The number of aryl methyl sites for hydroxylation is 4. The first-order chi connectivity index (χ1) is 47.6. The first-order valence-electron chi connectivity index (χ1n) is 38.1. The van der Waals surface area contributed by atoms with Gasteiger partial charge in [-0.2, -0.15) is 0 Å². The summed E-state index contributed by atoms with van der Waals surface area (Å²) < 4.78 is 0.